The second kappa shape index (κ2) is 4.47. The molecule has 1 aliphatic heterocycles. The lowest BCUT2D eigenvalue weighted by atomic mass is 10.1. The highest BCUT2D eigenvalue weighted by atomic mass is 16.2. The smallest absolute Gasteiger partial charge is 0.258 e. The molecule has 110 valence electrons. The Hall–Kier alpha value is -2.55. The Morgan fingerprint density at radius 1 is 1.00 bits per heavy atom. The van der Waals surface area contributed by atoms with Gasteiger partial charge in [0.05, 0.1) is 6.54 Å². The molecule has 0 bridgehead atoms. The normalized spacial score (nSPS) is 14.0. The van der Waals surface area contributed by atoms with Gasteiger partial charge in [0.2, 0.25) is 0 Å². The quantitative estimate of drug-likeness (QED) is 0.666. The van der Waals surface area contributed by atoms with Crippen LogP contribution in [0.2, 0.25) is 0 Å². The first-order chi connectivity index (χ1) is 10.5. The van der Waals surface area contributed by atoms with Crippen LogP contribution in [0.3, 0.4) is 0 Å². The minimum atomic E-state index is 0.103. The van der Waals surface area contributed by atoms with Crippen molar-refractivity contribution in [3.63, 3.8) is 0 Å². The number of hydrogen-bond donors (Lipinski definition) is 0. The molecule has 0 unspecified atom stereocenters. The van der Waals surface area contributed by atoms with E-state index in [0.717, 1.165) is 22.4 Å². The summed E-state index contributed by atoms with van der Waals surface area (Å²) in [6.45, 7) is 4.78. The highest BCUT2D eigenvalue weighted by Crippen LogP contribution is 2.31. The molecule has 1 amide bonds. The van der Waals surface area contributed by atoms with Crippen LogP contribution in [-0.2, 0) is 13.6 Å². The number of rotatable bonds is 1. The lowest BCUT2D eigenvalue weighted by molar-refractivity contribution is 0.0996. The molecule has 0 radical (unpaired) electrons. The van der Waals surface area contributed by atoms with Crippen molar-refractivity contribution in [1.82, 2.24) is 4.57 Å². The van der Waals surface area contributed by atoms with Crippen LogP contribution in [0.15, 0.2) is 42.5 Å². The first-order valence-corrected chi connectivity index (χ1v) is 7.52. The number of carbonyl (C=O) groups excluding carboxylic acids is 1. The Labute approximate surface area is 129 Å². The van der Waals surface area contributed by atoms with Crippen LogP contribution in [-0.4, -0.2) is 10.5 Å². The molecule has 1 aromatic heterocycles. The lowest BCUT2D eigenvalue weighted by Crippen LogP contribution is -2.22. The van der Waals surface area contributed by atoms with E-state index in [4.69, 9.17) is 0 Å². The van der Waals surface area contributed by atoms with Gasteiger partial charge in [-0.3, -0.25) is 4.79 Å². The number of fused-ring (bicyclic) bond motifs is 2. The number of carbonyl (C=O) groups is 1. The van der Waals surface area contributed by atoms with Gasteiger partial charge >= 0.3 is 0 Å². The third-order valence-electron chi connectivity index (χ3n) is 4.65. The number of anilines is 1. The molecule has 0 saturated carbocycles. The first kappa shape index (κ1) is 13.1. The summed E-state index contributed by atoms with van der Waals surface area (Å²) in [5, 5.41) is 1.18. The molecule has 0 saturated heterocycles. The zero-order valence-electron chi connectivity index (χ0n) is 13.1. The van der Waals surface area contributed by atoms with Crippen molar-refractivity contribution in [3.05, 3.63) is 64.8 Å². The molecule has 0 fully saturated rings. The predicted octanol–water partition coefficient (Wildman–Crippen LogP) is 3.96. The van der Waals surface area contributed by atoms with Crippen molar-refractivity contribution in [2.24, 2.45) is 7.05 Å². The number of hydrogen-bond acceptors (Lipinski definition) is 1. The maximum absolute atomic E-state index is 12.7. The summed E-state index contributed by atoms with van der Waals surface area (Å²) < 4.78 is 2.17. The maximum atomic E-state index is 12.7. The topological polar surface area (TPSA) is 25.2 Å². The number of aryl methyl sites for hydroxylation is 3. The van der Waals surface area contributed by atoms with Crippen molar-refractivity contribution >= 4 is 22.5 Å². The maximum Gasteiger partial charge on any atom is 0.258 e. The fourth-order valence-corrected chi connectivity index (χ4v) is 3.27. The molecule has 0 atom stereocenters. The van der Waals surface area contributed by atoms with Gasteiger partial charge in [0.15, 0.2) is 0 Å². The standard InChI is InChI=1S/C19H18N2O/c1-12-4-5-14-11-21(19(22)17(14)8-12)16-6-7-18-15(10-16)9-13(2)20(18)3/h4-10H,11H2,1-3H3. The SMILES string of the molecule is Cc1ccc2c(c1)C(=O)N(c1ccc3c(c1)cc(C)n3C)C2. The molecule has 1 aliphatic rings. The van der Waals surface area contributed by atoms with E-state index < -0.39 is 0 Å². The number of benzene rings is 2. The van der Waals surface area contributed by atoms with E-state index in [2.05, 4.69) is 48.9 Å². The van der Waals surface area contributed by atoms with Gasteiger partial charge in [-0.2, -0.15) is 0 Å². The minimum Gasteiger partial charge on any atom is -0.348 e. The lowest BCUT2D eigenvalue weighted by Gasteiger charge is -2.16. The van der Waals surface area contributed by atoms with Gasteiger partial charge in [0.25, 0.3) is 5.91 Å². The van der Waals surface area contributed by atoms with Crippen molar-refractivity contribution < 1.29 is 4.79 Å². The van der Waals surface area contributed by atoms with Gasteiger partial charge in [0, 0.05) is 34.9 Å². The average Bonchev–Trinajstić information content (AvgIpc) is 2.97. The highest BCUT2D eigenvalue weighted by molar-refractivity contribution is 6.10. The molecule has 3 nitrogen and oxygen atoms in total. The summed E-state index contributed by atoms with van der Waals surface area (Å²) in [7, 11) is 2.07. The van der Waals surface area contributed by atoms with Crippen LogP contribution in [0.4, 0.5) is 5.69 Å². The van der Waals surface area contributed by atoms with Gasteiger partial charge in [-0.05, 0) is 49.7 Å². The van der Waals surface area contributed by atoms with Crippen molar-refractivity contribution in [2.75, 3.05) is 4.90 Å². The summed E-state index contributed by atoms with van der Waals surface area (Å²) in [5.41, 5.74) is 6.46. The van der Waals surface area contributed by atoms with E-state index in [9.17, 15) is 4.79 Å². The van der Waals surface area contributed by atoms with Crippen LogP contribution >= 0.6 is 0 Å². The molecule has 0 spiro atoms. The average molecular weight is 290 g/mol. The zero-order valence-corrected chi connectivity index (χ0v) is 13.1. The van der Waals surface area contributed by atoms with E-state index in [1.165, 1.54) is 16.6 Å². The van der Waals surface area contributed by atoms with E-state index in [0.29, 0.717) is 6.54 Å². The Morgan fingerprint density at radius 3 is 2.64 bits per heavy atom. The number of nitrogens with zero attached hydrogens (tertiary/aromatic N) is 2. The van der Waals surface area contributed by atoms with Gasteiger partial charge in [0.1, 0.15) is 0 Å². The Balaban J connectivity index is 1.79. The third kappa shape index (κ3) is 1.78. The molecule has 2 aromatic carbocycles. The van der Waals surface area contributed by atoms with E-state index >= 15 is 0 Å². The van der Waals surface area contributed by atoms with E-state index in [-0.39, 0.29) is 5.91 Å². The largest absolute Gasteiger partial charge is 0.348 e. The molecule has 0 N–H and O–H groups in total. The third-order valence-corrected chi connectivity index (χ3v) is 4.65. The van der Waals surface area contributed by atoms with E-state index in [1.807, 2.05) is 24.0 Å². The van der Waals surface area contributed by atoms with Gasteiger partial charge in [-0.15, -0.1) is 0 Å². The number of amides is 1. The summed E-state index contributed by atoms with van der Waals surface area (Å²) in [5.74, 6) is 0.103. The van der Waals surface area contributed by atoms with Crippen molar-refractivity contribution in [1.29, 1.82) is 0 Å². The second-order valence-corrected chi connectivity index (χ2v) is 6.14. The van der Waals surface area contributed by atoms with Crippen LogP contribution in [0.25, 0.3) is 10.9 Å². The number of aromatic nitrogens is 1. The summed E-state index contributed by atoms with van der Waals surface area (Å²) in [4.78, 5) is 14.5. The van der Waals surface area contributed by atoms with Crippen molar-refractivity contribution in [2.45, 2.75) is 20.4 Å². The Bertz CT molecular complexity index is 921. The fraction of sp³-hybridized carbons (Fsp3) is 0.211. The van der Waals surface area contributed by atoms with Crippen LogP contribution in [0.1, 0.15) is 27.2 Å². The summed E-state index contributed by atoms with van der Waals surface area (Å²) in [6.07, 6.45) is 0. The van der Waals surface area contributed by atoms with Gasteiger partial charge < -0.3 is 9.47 Å². The molecular formula is C19H18N2O. The highest BCUT2D eigenvalue weighted by Gasteiger charge is 2.28. The Morgan fingerprint density at radius 2 is 1.82 bits per heavy atom. The molecule has 4 rings (SSSR count). The second-order valence-electron chi connectivity index (χ2n) is 6.14. The monoisotopic (exact) mass is 290 g/mol. The van der Waals surface area contributed by atoms with Crippen LogP contribution in [0.5, 0.6) is 0 Å². The molecular weight excluding hydrogens is 272 g/mol. The van der Waals surface area contributed by atoms with Crippen LogP contribution in [0, 0.1) is 13.8 Å². The van der Waals surface area contributed by atoms with Gasteiger partial charge in [-0.25, -0.2) is 0 Å². The molecule has 3 heteroatoms. The van der Waals surface area contributed by atoms with Gasteiger partial charge in [-0.1, -0.05) is 17.7 Å². The molecule has 0 aliphatic carbocycles. The van der Waals surface area contributed by atoms with Crippen LogP contribution < -0.4 is 4.90 Å². The Kier molecular flexibility index (Phi) is 2.67. The molecule has 3 aromatic rings. The molecule has 22 heavy (non-hydrogen) atoms. The summed E-state index contributed by atoms with van der Waals surface area (Å²) >= 11 is 0. The minimum absolute atomic E-state index is 0.103. The fourth-order valence-electron chi connectivity index (χ4n) is 3.27. The summed E-state index contributed by atoms with van der Waals surface area (Å²) in [6, 6.07) is 14.5. The zero-order chi connectivity index (χ0) is 15.4. The van der Waals surface area contributed by atoms with E-state index in [1.54, 1.807) is 0 Å². The molecule has 2 heterocycles. The first-order valence-electron chi connectivity index (χ1n) is 7.52. The predicted molar refractivity (Wildman–Crippen MR) is 89.3 cm³/mol. The van der Waals surface area contributed by atoms with Crippen molar-refractivity contribution in [3.8, 4) is 0 Å².